The Morgan fingerprint density at radius 3 is 2.46 bits per heavy atom. The van der Waals surface area contributed by atoms with Crippen LogP contribution in [-0.4, -0.2) is 42.9 Å². The van der Waals surface area contributed by atoms with E-state index in [0.717, 1.165) is 25.7 Å². The van der Waals surface area contributed by atoms with Crippen LogP contribution in [0.3, 0.4) is 0 Å². The minimum Gasteiger partial charge on any atom is -0.375 e. The molecule has 0 radical (unpaired) electrons. The second kappa shape index (κ2) is 8.91. The molecule has 0 bridgehead atoms. The summed E-state index contributed by atoms with van der Waals surface area (Å²) >= 11 is 6.03. The molecule has 26 heavy (non-hydrogen) atoms. The predicted molar refractivity (Wildman–Crippen MR) is 102 cm³/mol. The van der Waals surface area contributed by atoms with Crippen molar-refractivity contribution in [3.05, 3.63) is 28.8 Å². The Hall–Kier alpha value is -2.26. The molecule has 1 fully saturated rings. The SMILES string of the molecule is CN(C)C(=O)c1ccc(Cl)cc1NCC(=O)NC1(C#N)CCCCCC1. The van der Waals surface area contributed by atoms with E-state index in [2.05, 4.69) is 16.7 Å². The number of carbonyl (C=O) groups excluding carboxylic acids is 2. The van der Waals surface area contributed by atoms with Crippen molar-refractivity contribution in [2.75, 3.05) is 26.0 Å². The molecular formula is C19H25ClN4O2. The van der Waals surface area contributed by atoms with E-state index >= 15 is 0 Å². The largest absolute Gasteiger partial charge is 0.375 e. The van der Waals surface area contributed by atoms with Gasteiger partial charge in [0.2, 0.25) is 5.91 Å². The number of rotatable bonds is 5. The van der Waals surface area contributed by atoms with Gasteiger partial charge >= 0.3 is 0 Å². The third-order valence-corrected chi connectivity index (χ3v) is 4.84. The molecule has 0 aliphatic heterocycles. The number of carbonyl (C=O) groups is 2. The molecule has 6 nitrogen and oxygen atoms in total. The summed E-state index contributed by atoms with van der Waals surface area (Å²) in [5.41, 5.74) is 0.154. The van der Waals surface area contributed by atoms with Gasteiger partial charge < -0.3 is 15.5 Å². The highest BCUT2D eigenvalue weighted by Crippen LogP contribution is 2.27. The molecular weight excluding hydrogens is 352 g/mol. The molecule has 140 valence electrons. The van der Waals surface area contributed by atoms with Gasteiger partial charge in [-0.3, -0.25) is 9.59 Å². The maximum absolute atomic E-state index is 12.4. The summed E-state index contributed by atoms with van der Waals surface area (Å²) < 4.78 is 0. The van der Waals surface area contributed by atoms with Crippen LogP contribution >= 0.6 is 11.6 Å². The molecule has 2 N–H and O–H groups in total. The highest BCUT2D eigenvalue weighted by Gasteiger charge is 2.32. The molecule has 1 aromatic rings. The monoisotopic (exact) mass is 376 g/mol. The fourth-order valence-corrected chi connectivity index (χ4v) is 3.35. The first-order valence-electron chi connectivity index (χ1n) is 8.84. The highest BCUT2D eigenvalue weighted by atomic mass is 35.5. The summed E-state index contributed by atoms with van der Waals surface area (Å²) in [6.45, 7) is -0.0303. The third-order valence-electron chi connectivity index (χ3n) is 4.61. The van der Waals surface area contributed by atoms with Crippen molar-refractivity contribution in [2.24, 2.45) is 0 Å². The van der Waals surface area contributed by atoms with E-state index in [-0.39, 0.29) is 18.4 Å². The summed E-state index contributed by atoms with van der Waals surface area (Å²) in [6, 6.07) is 7.19. The Balaban J connectivity index is 2.06. The van der Waals surface area contributed by atoms with Crippen molar-refractivity contribution in [3.63, 3.8) is 0 Å². The maximum Gasteiger partial charge on any atom is 0.255 e. The highest BCUT2D eigenvalue weighted by molar-refractivity contribution is 6.31. The molecule has 0 saturated heterocycles. The van der Waals surface area contributed by atoms with Crippen LogP contribution in [0.1, 0.15) is 48.9 Å². The van der Waals surface area contributed by atoms with Crippen molar-refractivity contribution < 1.29 is 9.59 Å². The second-order valence-electron chi connectivity index (χ2n) is 6.90. The summed E-state index contributed by atoms with van der Waals surface area (Å²) in [6.07, 6.45) is 5.42. The van der Waals surface area contributed by atoms with Crippen molar-refractivity contribution in [3.8, 4) is 6.07 Å². The third kappa shape index (κ3) is 5.12. The van der Waals surface area contributed by atoms with E-state index < -0.39 is 5.54 Å². The fourth-order valence-electron chi connectivity index (χ4n) is 3.17. The second-order valence-corrected chi connectivity index (χ2v) is 7.34. The lowest BCUT2D eigenvalue weighted by atomic mass is 9.92. The van der Waals surface area contributed by atoms with Crippen LogP contribution in [0.15, 0.2) is 18.2 Å². The lowest BCUT2D eigenvalue weighted by Gasteiger charge is -2.26. The normalized spacial score (nSPS) is 16.1. The molecule has 0 heterocycles. The Morgan fingerprint density at radius 2 is 1.88 bits per heavy atom. The first-order valence-corrected chi connectivity index (χ1v) is 9.22. The zero-order chi connectivity index (χ0) is 19.2. The number of hydrogen-bond acceptors (Lipinski definition) is 4. The predicted octanol–water partition coefficient (Wildman–Crippen LogP) is 3.19. The minimum absolute atomic E-state index is 0.0303. The summed E-state index contributed by atoms with van der Waals surface area (Å²) in [5.74, 6) is -0.446. The standard InChI is InChI=1S/C19H25ClN4O2/c1-24(2)18(26)15-8-7-14(20)11-16(15)22-12-17(25)23-19(13-21)9-5-3-4-6-10-19/h7-8,11,22H,3-6,9-10,12H2,1-2H3,(H,23,25). The number of nitrogens with zero attached hydrogens (tertiary/aromatic N) is 2. The van der Waals surface area contributed by atoms with Crippen molar-refractivity contribution in [1.29, 1.82) is 5.26 Å². The molecule has 0 unspecified atom stereocenters. The van der Waals surface area contributed by atoms with Gasteiger partial charge in [0.15, 0.2) is 0 Å². The maximum atomic E-state index is 12.4. The number of nitrogens with one attached hydrogen (secondary N) is 2. The van der Waals surface area contributed by atoms with Crippen LogP contribution in [0, 0.1) is 11.3 Å². The van der Waals surface area contributed by atoms with Crippen LogP contribution in [0.4, 0.5) is 5.69 Å². The average molecular weight is 377 g/mol. The zero-order valence-corrected chi connectivity index (χ0v) is 16.0. The van der Waals surface area contributed by atoms with Crippen LogP contribution < -0.4 is 10.6 Å². The molecule has 1 saturated carbocycles. The van der Waals surface area contributed by atoms with E-state index in [1.807, 2.05) is 0 Å². The van der Waals surface area contributed by atoms with Crippen molar-refractivity contribution in [2.45, 2.75) is 44.1 Å². The van der Waals surface area contributed by atoms with Crippen LogP contribution in [0.5, 0.6) is 0 Å². The summed E-state index contributed by atoms with van der Waals surface area (Å²) in [4.78, 5) is 26.1. The molecule has 0 atom stereocenters. The molecule has 0 aromatic heterocycles. The lowest BCUT2D eigenvalue weighted by molar-refractivity contribution is -0.120. The zero-order valence-electron chi connectivity index (χ0n) is 15.3. The number of amides is 2. The lowest BCUT2D eigenvalue weighted by Crippen LogP contribution is -2.49. The van der Waals surface area contributed by atoms with Gasteiger partial charge in [-0.05, 0) is 31.0 Å². The number of anilines is 1. The molecule has 2 amide bonds. The number of hydrogen-bond donors (Lipinski definition) is 2. The Bertz CT molecular complexity index is 704. The topological polar surface area (TPSA) is 85.2 Å². The Kier molecular flexibility index (Phi) is 6.87. The van der Waals surface area contributed by atoms with Gasteiger partial charge in [0.1, 0.15) is 5.54 Å². The molecule has 2 rings (SSSR count). The smallest absolute Gasteiger partial charge is 0.255 e. The van der Waals surface area contributed by atoms with E-state index in [4.69, 9.17) is 11.6 Å². The molecule has 1 aliphatic carbocycles. The van der Waals surface area contributed by atoms with E-state index in [0.29, 0.717) is 29.1 Å². The Morgan fingerprint density at radius 1 is 1.23 bits per heavy atom. The fraction of sp³-hybridized carbons (Fsp3) is 0.526. The number of nitriles is 1. The quantitative estimate of drug-likeness (QED) is 0.773. The van der Waals surface area contributed by atoms with Gasteiger partial charge in [-0.1, -0.05) is 37.3 Å². The van der Waals surface area contributed by atoms with Gasteiger partial charge in [-0.25, -0.2) is 0 Å². The van der Waals surface area contributed by atoms with Crippen molar-refractivity contribution in [1.82, 2.24) is 10.2 Å². The molecule has 7 heteroatoms. The van der Waals surface area contributed by atoms with Gasteiger partial charge in [0, 0.05) is 24.8 Å². The summed E-state index contributed by atoms with van der Waals surface area (Å²) in [5, 5.41) is 15.9. The molecule has 1 aliphatic rings. The van der Waals surface area contributed by atoms with E-state index in [1.54, 1.807) is 32.3 Å². The van der Waals surface area contributed by atoms with Crippen LogP contribution in [0.2, 0.25) is 5.02 Å². The first-order chi connectivity index (χ1) is 12.4. The van der Waals surface area contributed by atoms with Gasteiger partial charge in [-0.15, -0.1) is 0 Å². The Labute approximate surface area is 159 Å². The van der Waals surface area contributed by atoms with Crippen LogP contribution in [0.25, 0.3) is 0 Å². The summed E-state index contributed by atoms with van der Waals surface area (Å²) in [7, 11) is 3.33. The van der Waals surface area contributed by atoms with E-state index in [9.17, 15) is 14.9 Å². The van der Waals surface area contributed by atoms with Crippen LogP contribution in [-0.2, 0) is 4.79 Å². The first kappa shape index (κ1) is 20.1. The number of benzene rings is 1. The van der Waals surface area contributed by atoms with Gasteiger partial charge in [0.25, 0.3) is 5.91 Å². The van der Waals surface area contributed by atoms with Gasteiger partial charge in [-0.2, -0.15) is 5.26 Å². The number of halogens is 1. The molecule has 0 spiro atoms. The average Bonchev–Trinajstić information content (AvgIpc) is 2.85. The van der Waals surface area contributed by atoms with E-state index in [1.165, 1.54) is 4.90 Å². The molecule has 1 aromatic carbocycles. The van der Waals surface area contributed by atoms with Gasteiger partial charge in [0.05, 0.1) is 18.2 Å². The minimum atomic E-state index is -0.786. The van der Waals surface area contributed by atoms with Crippen molar-refractivity contribution >= 4 is 29.1 Å².